The van der Waals surface area contributed by atoms with Crippen molar-refractivity contribution in [1.29, 1.82) is 0 Å². The maximum atomic E-state index is 11.8. The van der Waals surface area contributed by atoms with Crippen LogP contribution in [-0.4, -0.2) is 60.9 Å². The second kappa shape index (κ2) is 4.03. The minimum atomic E-state index is -0.763. The Hall–Kier alpha value is -1.34. The molecule has 2 amide bonds. The number of hydrogen-bond acceptors (Lipinski definition) is 5. The standard InChI is InChI=1S/C8H13N3O4/c9-11-5-6(15-8(11)13)7(12)10-1-3-14-4-2-10/h6H,1-5,9H2. The molecule has 7 nitrogen and oxygen atoms in total. The quantitative estimate of drug-likeness (QED) is 0.427. The van der Waals surface area contributed by atoms with Crippen molar-refractivity contribution < 1.29 is 19.1 Å². The summed E-state index contributed by atoms with van der Waals surface area (Å²) in [6, 6.07) is 0. The van der Waals surface area contributed by atoms with E-state index < -0.39 is 12.2 Å². The third-order valence-electron chi connectivity index (χ3n) is 2.44. The van der Waals surface area contributed by atoms with Gasteiger partial charge in [-0.25, -0.2) is 15.6 Å². The number of carbonyl (C=O) groups is 2. The van der Waals surface area contributed by atoms with Crippen LogP contribution in [0.2, 0.25) is 0 Å². The van der Waals surface area contributed by atoms with Gasteiger partial charge in [-0.3, -0.25) is 4.79 Å². The number of hydrazine groups is 1. The van der Waals surface area contributed by atoms with Crippen LogP contribution in [0.3, 0.4) is 0 Å². The number of hydrogen-bond donors (Lipinski definition) is 1. The van der Waals surface area contributed by atoms with Crippen LogP contribution >= 0.6 is 0 Å². The fourth-order valence-electron chi connectivity index (χ4n) is 1.60. The smallest absolute Gasteiger partial charge is 0.425 e. The number of morpholine rings is 1. The lowest BCUT2D eigenvalue weighted by atomic mass is 10.3. The first kappa shape index (κ1) is 10.2. The van der Waals surface area contributed by atoms with Crippen LogP contribution in [-0.2, 0) is 14.3 Å². The molecule has 7 heteroatoms. The summed E-state index contributed by atoms with van der Waals surface area (Å²) < 4.78 is 9.94. The van der Waals surface area contributed by atoms with E-state index in [4.69, 9.17) is 15.3 Å². The summed E-state index contributed by atoms with van der Waals surface area (Å²) in [7, 11) is 0. The molecule has 0 aromatic carbocycles. The predicted molar refractivity (Wildman–Crippen MR) is 48.6 cm³/mol. The first-order valence-electron chi connectivity index (χ1n) is 4.78. The van der Waals surface area contributed by atoms with E-state index in [-0.39, 0.29) is 12.5 Å². The second-order valence-corrected chi connectivity index (χ2v) is 3.46. The number of ether oxygens (including phenoxy) is 2. The van der Waals surface area contributed by atoms with Gasteiger partial charge < -0.3 is 14.4 Å². The highest BCUT2D eigenvalue weighted by Gasteiger charge is 2.37. The number of carbonyl (C=O) groups excluding carboxylic acids is 2. The molecule has 1 atom stereocenters. The largest absolute Gasteiger partial charge is 0.433 e. The first-order valence-corrected chi connectivity index (χ1v) is 4.78. The molecule has 0 aromatic heterocycles. The minimum Gasteiger partial charge on any atom is -0.433 e. The molecule has 84 valence electrons. The van der Waals surface area contributed by atoms with Gasteiger partial charge in [-0.1, -0.05) is 0 Å². The molecule has 0 saturated carbocycles. The van der Waals surface area contributed by atoms with Gasteiger partial charge in [0.1, 0.15) is 0 Å². The summed E-state index contributed by atoms with van der Waals surface area (Å²) in [6.45, 7) is 2.25. The van der Waals surface area contributed by atoms with Crippen LogP contribution in [0.5, 0.6) is 0 Å². The van der Waals surface area contributed by atoms with Crippen molar-refractivity contribution in [3.63, 3.8) is 0 Å². The van der Waals surface area contributed by atoms with E-state index in [1.54, 1.807) is 4.90 Å². The maximum absolute atomic E-state index is 11.8. The van der Waals surface area contributed by atoms with Crippen LogP contribution in [0.25, 0.3) is 0 Å². The van der Waals surface area contributed by atoms with Gasteiger partial charge in [0.25, 0.3) is 5.91 Å². The van der Waals surface area contributed by atoms with Gasteiger partial charge in [-0.15, -0.1) is 0 Å². The van der Waals surface area contributed by atoms with Gasteiger partial charge in [0, 0.05) is 13.1 Å². The fourth-order valence-corrected chi connectivity index (χ4v) is 1.60. The molecule has 2 N–H and O–H groups in total. The Morgan fingerprint density at radius 3 is 2.60 bits per heavy atom. The van der Waals surface area contributed by atoms with Gasteiger partial charge in [0.05, 0.1) is 19.8 Å². The molecule has 0 radical (unpaired) electrons. The molecular weight excluding hydrogens is 202 g/mol. The maximum Gasteiger partial charge on any atom is 0.425 e. The molecule has 0 bridgehead atoms. The van der Waals surface area contributed by atoms with Crippen molar-refractivity contribution in [2.75, 3.05) is 32.8 Å². The number of nitrogens with zero attached hydrogens (tertiary/aromatic N) is 2. The monoisotopic (exact) mass is 215 g/mol. The van der Waals surface area contributed by atoms with Crippen molar-refractivity contribution in [2.45, 2.75) is 6.10 Å². The SMILES string of the molecule is NN1CC(C(=O)N2CCOCC2)OC1=O. The van der Waals surface area contributed by atoms with Crippen molar-refractivity contribution in [1.82, 2.24) is 9.91 Å². The van der Waals surface area contributed by atoms with Gasteiger partial charge in [0.15, 0.2) is 0 Å². The van der Waals surface area contributed by atoms with Gasteiger partial charge >= 0.3 is 6.09 Å². The van der Waals surface area contributed by atoms with Gasteiger partial charge in [-0.2, -0.15) is 0 Å². The minimum absolute atomic E-state index is 0.120. The Morgan fingerprint density at radius 1 is 1.40 bits per heavy atom. The number of rotatable bonds is 1. The molecule has 2 aliphatic rings. The van der Waals surface area contributed by atoms with Crippen molar-refractivity contribution in [3.8, 4) is 0 Å². The lowest BCUT2D eigenvalue weighted by Crippen LogP contribution is -2.47. The van der Waals surface area contributed by atoms with E-state index in [0.29, 0.717) is 26.3 Å². The number of nitrogens with two attached hydrogens (primary N) is 1. The van der Waals surface area contributed by atoms with Crippen molar-refractivity contribution in [3.05, 3.63) is 0 Å². The first-order chi connectivity index (χ1) is 7.18. The zero-order valence-corrected chi connectivity index (χ0v) is 8.22. The molecule has 2 rings (SSSR count). The molecular formula is C8H13N3O4. The lowest BCUT2D eigenvalue weighted by molar-refractivity contribution is -0.142. The molecule has 0 aromatic rings. The molecule has 2 heterocycles. The molecule has 2 fully saturated rings. The van der Waals surface area contributed by atoms with E-state index in [9.17, 15) is 9.59 Å². The summed E-state index contributed by atoms with van der Waals surface area (Å²) in [6.07, 6.45) is -1.41. The molecule has 2 aliphatic heterocycles. The Morgan fingerprint density at radius 2 is 2.07 bits per heavy atom. The fraction of sp³-hybridized carbons (Fsp3) is 0.750. The summed E-state index contributed by atoms with van der Waals surface area (Å²) in [4.78, 5) is 24.4. The topological polar surface area (TPSA) is 85.1 Å². The zero-order chi connectivity index (χ0) is 10.8. The summed E-state index contributed by atoms with van der Waals surface area (Å²) in [5.74, 6) is 5.10. The van der Waals surface area contributed by atoms with Crippen LogP contribution < -0.4 is 5.84 Å². The predicted octanol–water partition coefficient (Wildman–Crippen LogP) is -1.46. The Labute approximate surface area is 86.7 Å². The summed E-state index contributed by atoms with van der Waals surface area (Å²) >= 11 is 0. The Bertz CT molecular complexity index is 277. The van der Waals surface area contributed by atoms with E-state index >= 15 is 0 Å². The average Bonchev–Trinajstić information content (AvgIpc) is 2.59. The lowest BCUT2D eigenvalue weighted by Gasteiger charge is -2.28. The van der Waals surface area contributed by atoms with E-state index in [1.165, 1.54) is 0 Å². The highest BCUT2D eigenvalue weighted by molar-refractivity contribution is 5.86. The normalized spacial score (nSPS) is 26.7. The van der Waals surface area contributed by atoms with Crippen LogP contribution in [0, 0.1) is 0 Å². The van der Waals surface area contributed by atoms with Crippen LogP contribution in [0.4, 0.5) is 4.79 Å². The van der Waals surface area contributed by atoms with E-state index in [0.717, 1.165) is 5.01 Å². The number of amides is 2. The van der Waals surface area contributed by atoms with Gasteiger partial charge in [-0.05, 0) is 0 Å². The Kier molecular flexibility index (Phi) is 2.74. The summed E-state index contributed by atoms with van der Waals surface area (Å²) in [5.41, 5.74) is 0. The third kappa shape index (κ3) is 2.02. The Balaban J connectivity index is 1.93. The second-order valence-electron chi connectivity index (χ2n) is 3.46. The van der Waals surface area contributed by atoms with Crippen LogP contribution in [0.15, 0.2) is 0 Å². The molecule has 15 heavy (non-hydrogen) atoms. The third-order valence-corrected chi connectivity index (χ3v) is 2.44. The molecule has 2 saturated heterocycles. The summed E-state index contributed by atoms with van der Waals surface area (Å²) in [5, 5.41) is 0.906. The van der Waals surface area contributed by atoms with E-state index in [1.807, 2.05) is 0 Å². The molecule has 1 unspecified atom stereocenters. The van der Waals surface area contributed by atoms with Crippen molar-refractivity contribution in [2.24, 2.45) is 5.84 Å². The number of cyclic esters (lactones) is 1. The van der Waals surface area contributed by atoms with Crippen LogP contribution in [0.1, 0.15) is 0 Å². The average molecular weight is 215 g/mol. The molecule has 0 aliphatic carbocycles. The molecule has 0 spiro atoms. The zero-order valence-electron chi connectivity index (χ0n) is 8.22. The highest BCUT2D eigenvalue weighted by Crippen LogP contribution is 2.11. The van der Waals surface area contributed by atoms with Gasteiger partial charge in [0.2, 0.25) is 6.10 Å². The highest BCUT2D eigenvalue weighted by atomic mass is 16.6. The van der Waals surface area contributed by atoms with Crippen molar-refractivity contribution >= 4 is 12.0 Å². The van der Waals surface area contributed by atoms with E-state index in [2.05, 4.69) is 0 Å².